The Hall–Kier alpha value is -3.09. The van der Waals surface area contributed by atoms with Gasteiger partial charge < -0.3 is 15.0 Å². The van der Waals surface area contributed by atoms with Crippen molar-refractivity contribution in [1.29, 1.82) is 0 Å². The summed E-state index contributed by atoms with van der Waals surface area (Å²) in [7, 11) is 1.38. The number of anilines is 1. The summed E-state index contributed by atoms with van der Waals surface area (Å²) in [5, 5.41) is 2.53. The van der Waals surface area contributed by atoms with Gasteiger partial charge in [0, 0.05) is 37.5 Å². The lowest BCUT2D eigenvalue weighted by atomic mass is 10.0. The number of nitrogens with zero attached hydrogens (tertiary/aromatic N) is 1. The van der Waals surface area contributed by atoms with Crippen molar-refractivity contribution >= 4 is 69.1 Å². The van der Waals surface area contributed by atoms with Gasteiger partial charge in [0.15, 0.2) is 0 Å². The third-order valence-corrected chi connectivity index (χ3v) is 8.01. The molecule has 0 unspecified atom stereocenters. The number of fused-ring (bicyclic) bond motifs is 1. The minimum Gasteiger partial charge on any atom is -0.464 e. The van der Waals surface area contributed by atoms with Crippen LogP contribution in [0.25, 0.3) is 22.0 Å². The maximum absolute atomic E-state index is 12.8. The second-order valence-corrected chi connectivity index (χ2v) is 10.8. The van der Waals surface area contributed by atoms with Gasteiger partial charge in [-0.05, 0) is 65.2 Å². The first-order chi connectivity index (χ1) is 17.8. The van der Waals surface area contributed by atoms with E-state index in [1.807, 2.05) is 65.2 Å². The summed E-state index contributed by atoms with van der Waals surface area (Å²) in [6.45, 7) is 0.460. The van der Waals surface area contributed by atoms with Crippen LogP contribution in [0.2, 0.25) is 15.1 Å². The maximum atomic E-state index is 12.8. The Kier molecular flexibility index (Phi) is 7.40. The third kappa shape index (κ3) is 5.46. The van der Waals surface area contributed by atoms with Crippen molar-refractivity contribution in [3.8, 4) is 11.1 Å². The van der Waals surface area contributed by atoms with Gasteiger partial charge in [0.25, 0.3) is 0 Å². The van der Waals surface area contributed by atoms with Gasteiger partial charge >= 0.3 is 5.97 Å². The molecule has 4 nitrogen and oxygen atoms in total. The van der Waals surface area contributed by atoms with E-state index in [9.17, 15) is 4.79 Å². The molecule has 0 aliphatic heterocycles. The molecular weight excluding hydrogens is 547 g/mol. The highest BCUT2D eigenvalue weighted by atomic mass is 35.5. The smallest absolute Gasteiger partial charge is 0.354 e. The summed E-state index contributed by atoms with van der Waals surface area (Å²) in [4.78, 5) is 14.5. The minimum absolute atomic E-state index is 0.425. The minimum atomic E-state index is -0.425. The highest BCUT2D eigenvalue weighted by Gasteiger charge is 2.20. The Bertz CT molecular complexity index is 1610. The van der Waals surface area contributed by atoms with E-state index in [4.69, 9.17) is 45.3 Å². The van der Waals surface area contributed by atoms with Crippen LogP contribution in [0, 0.1) is 0 Å². The number of esters is 1. The molecule has 8 heteroatoms. The molecule has 5 aromatic rings. The first kappa shape index (κ1) is 25.6. The van der Waals surface area contributed by atoms with Crippen LogP contribution in [0.5, 0.6) is 0 Å². The number of aromatic nitrogens is 1. The van der Waals surface area contributed by atoms with Crippen LogP contribution in [-0.2, 0) is 11.3 Å². The van der Waals surface area contributed by atoms with E-state index in [1.165, 1.54) is 18.9 Å². The number of nitrogen functional groups attached to an aromatic ring is 1. The molecule has 1 heterocycles. The fourth-order valence-electron chi connectivity index (χ4n) is 4.16. The van der Waals surface area contributed by atoms with Crippen molar-refractivity contribution in [1.82, 2.24) is 4.57 Å². The summed E-state index contributed by atoms with van der Waals surface area (Å²) in [5.74, 6) is -0.425. The van der Waals surface area contributed by atoms with Crippen LogP contribution in [0.4, 0.5) is 5.69 Å². The summed E-state index contributed by atoms with van der Waals surface area (Å²) >= 11 is 20.5. The van der Waals surface area contributed by atoms with Gasteiger partial charge in [-0.15, -0.1) is 0 Å². The fraction of sp³-hybridized carbons (Fsp3) is 0.0690. The number of carbonyl (C=O) groups excluding carboxylic acids is 1. The molecule has 2 N–H and O–H groups in total. The van der Waals surface area contributed by atoms with Gasteiger partial charge in [0.05, 0.1) is 17.6 Å². The topological polar surface area (TPSA) is 57.2 Å². The monoisotopic (exact) mass is 566 g/mol. The molecule has 0 atom stereocenters. The van der Waals surface area contributed by atoms with Crippen LogP contribution in [0.15, 0.2) is 94.7 Å². The van der Waals surface area contributed by atoms with Gasteiger partial charge in [-0.1, -0.05) is 83.0 Å². The first-order valence-electron chi connectivity index (χ1n) is 11.3. The summed E-state index contributed by atoms with van der Waals surface area (Å²) < 4.78 is 7.04. The highest BCUT2D eigenvalue weighted by Crippen LogP contribution is 2.41. The van der Waals surface area contributed by atoms with Crippen molar-refractivity contribution < 1.29 is 9.53 Å². The zero-order valence-electron chi connectivity index (χ0n) is 19.7. The standard InChI is InChI=1S/C29H21Cl3N2O2S/c1-36-29(35)26-15-23-25(13-21(31)14-28(23)37-27-11-8-20(30)12-24(27)32)34(26)16-17-2-4-18(5-3-17)19-6-9-22(33)10-7-19/h2-15H,16,33H2,1H3. The molecule has 0 saturated carbocycles. The molecule has 1 aromatic heterocycles. The van der Waals surface area contributed by atoms with E-state index in [2.05, 4.69) is 12.1 Å². The largest absolute Gasteiger partial charge is 0.464 e. The molecule has 4 aromatic carbocycles. The number of halogens is 3. The Morgan fingerprint density at radius 1 is 0.838 bits per heavy atom. The molecule has 0 saturated heterocycles. The molecule has 0 radical (unpaired) electrons. The Morgan fingerprint density at radius 2 is 1.51 bits per heavy atom. The van der Waals surface area contributed by atoms with Gasteiger partial charge in [0.2, 0.25) is 0 Å². The average Bonchev–Trinajstić information content (AvgIpc) is 3.24. The normalized spacial score (nSPS) is 11.1. The van der Waals surface area contributed by atoms with E-state index in [0.717, 1.165) is 43.1 Å². The summed E-state index contributed by atoms with van der Waals surface area (Å²) in [6.07, 6.45) is 0. The second kappa shape index (κ2) is 10.7. The maximum Gasteiger partial charge on any atom is 0.354 e. The molecule has 0 bridgehead atoms. The molecule has 5 rings (SSSR count). The van der Waals surface area contributed by atoms with Crippen molar-refractivity contribution in [2.75, 3.05) is 12.8 Å². The molecule has 0 aliphatic carbocycles. The Balaban J connectivity index is 1.55. The number of ether oxygens (including phenoxy) is 1. The lowest BCUT2D eigenvalue weighted by Gasteiger charge is -2.12. The lowest BCUT2D eigenvalue weighted by Crippen LogP contribution is -2.11. The third-order valence-electron chi connectivity index (χ3n) is 5.99. The van der Waals surface area contributed by atoms with E-state index in [-0.39, 0.29) is 0 Å². The van der Waals surface area contributed by atoms with Gasteiger partial charge in [-0.25, -0.2) is 4.79 Å². The quantitative estimate of drug-likeness (QED) is 0.164. The Morgan fingerprint density at radius 3 is 2.16 bits per heavy atom. The number of hydrogen-bond acceptors (Lipinski definition) is 4. The number of benzene rings is 4. The molecule has 0 amide bonds. The number of hydrogen-bond donors (Lipinski definition) is 1. The number of methoxy groups -OCH3 is 1. The number of carbonyl (C=O) groups is 1. The zero-order valence-corrected chi connectivity index (χ0v) is 22.8. The molecular formula is C29H21Cl3N2O2S. The van der Waals surface area contributed by atoms with Crippen LogP contribution < -0.4 is 5.73 Å². The van der Waals surface area contributed by atoms with E-state index < -0.39 is 5.97 Å². The predicted octanol–water partition coefficient (Wildman–Crippen LogP) is 8.84. The number of nitrogens with two attached hydrogens (primary N) is 1. The van der Waals surface area contributed by atoms with Crippen LogP contribution in [0.3, 0.4) is 0 Å². The van der Waals surface area contributed by atoms with Crippen LogP contribution in [-0.4, -0.2) is 17.6 Å². The predicted molar refractivity (Wildman–Crippen MR) is 154 cm³/mol. The van der Waals surface area contributed by atoms with Gasteiger partial charge in [-0.2, -0.15) is 0 Å². The molecule has 0 aliphatic rings. The van der Waals surface area contributed by atoms with E-state index >= 15 is 0 Å². The van der Waals surface area contributed by atoms with Crippen molar-refractivity contribution in [2.24, 2.45) is 0 Å². The summed E-state index contributed by atoms with van der Waals surface area (Å²) in [6, 6.07) is 26.9. The average molecular weight is 568 g/mol. The van der Waals surface area contributed by atoms with Crippen molar-refractivity contribution in [3.05, 3.63) is 111 Å². The van der Waals surface area contributed by atoms with Crippen LogP contribution in [0.1, 0.15) is 16.1 Å². The summed E-state index contributed by atoms with van der Waals surface area (Å²) in [5.41, 5.74) is 11.0. The van der Waals surface area contributed by atoms with E-state index in [1.54, 1.807) is 12.1 Å². The molecule has 0 spiro atoms. The fourth-order valence-corrected chi connectivity index (χ4v) is 5.95. The lowest BCUT2D eigenvalue weighted by molar-refractivity contribution is 0.0589. The Labute approximate surface area is 233 Å². The zero-order chi connectivity index (χ0) is 26.1. The van der Waals surface area contributed by atoms with Crippen molar-refractivity contribution in [3.63, 3.8) is 0 Å². The van der Waals surface area contributed by atoms with Crippen LogP contribution >= 0.6 is 46.6 Å². The second-order valence-electron chi connectivity index (χ2n) is 8.44. The molecule has 0 fully saturated rings. The van der Waals surface area contributed by atoms with Gasteiger partial charge in [-0.3, -0.25) is 0 Å². The SMILES string of the molecule is COC(=O)c1cc2c(Sc3ccc(Cl)cc3Cl)cc(Cl)cc2n1Cc1ccc(-c2ccc(N)cc2)cc1. The highest BCUT2D eigenvalue weighted by molar-refractivity contribution is 7.99. The molecule has 37 heavy (non-hydrogen) atoms. The first-order valence-corrected chi connectivity index (χ1v) is 13.3. The van der Waals surface area contributed by atoms with Gasteiger partial charge in [0.1, 0.15) is 5.69 Å². The number of rotatable bonds is 6. The molecule has 186 valence electrons. The van der Waals surface area contributed by atoms with Crippen molar-refractivity contribution in [2.45, 2.75) is 16.3 Å². The van der Waals surface area contributed by atoms with E-state index in [0.29, 0.717) is 27.3 Å².